The Morgan fingerprint density at radius 1 is 1.17 bits per heavy atom. The van der Waals surface area contributed by atoms with Gasteiger partial charge in [0.1, 0.15) is 17.5 Å². The van der Waals surface area contributed by atoms with Crippen LogP contribution < -0.4 is 15.8 Å². The Morgan fingerprint density at radius 3 is 2.61 bits per heavy atom. The van der Waals surface area contributed by atoms with Gasteiger partial charge in [0.25, 0.3) is 0 Å². The number of nitrogens with one attached hydrogen (secondary N) is 1. The number of carbonyl (C=O) groups is 2. The number of aliphatic carboxylic acids is 1. The van der Waals surface area contributed by atoms with Gasteiger partial charge in [-0.3, -0.25) is 4.79 Å². The molecule has 0 spiro atoms. The van der Waals surface area contributed by atoms with Crippen molar-refractivity contribution in [2.45, 2.75) is 44.3 Å². The second-order valence-corrected chi connectivity index (χ2v) is 9.00. The van der Waals surface area contributed by atoms with Gasteiger partial charge in [-0.2, -0.15) is 0 Å². The fraction of sp³-hybridized carbons (Fsp3) is 0.423. The molecule has 2 atom stereocenters. The van der Waals surface area contributed by atoms with E-state index in [9.17, 15) is 14.7 Å². The molecule has 2 aliphatic rings. The second kappa shape index (κ2) is 11.9. The molecule has 36 heavy (non-hydrogen) atoms. The maximum Gasteiger partial charge on any atom is 0.328 e. The number of nitrogens with zero attached hydrogens (tertiary/aromatic N) is 2. The van der Waals surface area contributed by atoms with Gasteiger partial charge < -0.3 is 35.6 Å². The number of aliphatic imine (C=N–C) groups is 1. The Hall–Kier alpha value is -3.63. The van der Waals surface area contributed by atoms with Crippen LogP contribution in [0.4, 0.5) is 5.69 Å². The van der Waals surface area contributed by atoms with Crippen LogP contribution in [0.5, 0.6) is 11.5 Å². The summed E-state index contributed by atoms with van der Waals surface area (Å²) in [6.45, 7) is 1.11. The van der Waals surface area contributed by atoms with Crippen molar-refractivity contribution in [3.05, 3.63) is 54.1 Å². The zero-order chi connectivity index (χ0) is 25.5. The average Bonchev–Trinajstić information content (AvgIpc) is 2.89. The standard InChI is InChI=1S/C26H32N4O6/c27-26-29-21-7-6-20(36-19-4-2-1-3-5-19)14-18(21)15-30(26)23(17-10-12-35-13-11-17)8-9-24(32)28-22(16-31)25(33)34/h1-7,14,17,22-23,31H,8-13,15-16H2,(H2,27,29)(H,28,32)(H,33,34)/t22-,23+/m1/s1. The van der Waals surface area contributed by atoms with Crippen LogP contribution in [0.3, 0.4) is 0 Å². The van der Waals surface area contributed by atoms with Gasteiger partial charge in [0.05, 0.1) is 12.3 Å². The Kier molecular flexibility index (Phi) is 8.40. The summed E-state index contributed by atoms with van der Waals surface area (Å²) in [5.41, 5.74) is 8.15. The monoisotopic (exact) mass is 496 g/mol. The number of aliphatic hydroxyl groups is 1. The summed E-state index contributed by atoms with van der Waals surface area (Å²) in [6, 6.07) is 13.8. The molecule has 192 valence electrons. The van der Waals surface area contributed by atoms with E-state index < -0.39 is 24.5 Å². The minimum Gasteiger partial charge on any atom is -0.480 e. The number of hydrogen-bond donors (Lipinski definition) is 4. The van der Waals surface area contributed by atoms with Crippen LogP contribution in [-0.4, -0.2) is 64.9 Å². The predicted molar refractivity (Wildman–Crippen MR) is 133 cm³/mol. The highest BCUT2D eigenvalue weighted by molar-refractivity contribution is 5.85. The van der Waals surface area contributed by atoms with Crippen LogP contribution in [-0.2, 0) is 20.9 Å². The smallest absolute Gasteiger partial charge is 0.328 e. The molecule has 0 saturated carbocycles. The van der Waals surface area contributed by atoms with E-state index >= 15 is 0 Å². The lowest BCUT2D eigenvalue weighted by Gasteiger charge is -2.41. The Labute approximate surface area is 209 Å². The SMILES string of the molecule is NC1=Nc2ccc(Oc3ccccc3)cc2CN1[C@@H](CCC(=O)N[C@H](CO)C(=O)O)C1CCOCC1. The fourth-order valence-corrected chi connectivity index (χ4v) is 4.70. The number of aliphatic hydroxyl groups excluding tert-OH is 1. The summed E-state index contributed by atoms with van der Waals surface area (Å²) in [4.78, 5) is 30.3. The van der Waals surface area contributed by atoms with Gasteiger partial charge in [0.15, 0.2) is 5.96 Å². The molecule has 0 radical (unpaired) electrons. The Balaban J connectivity index is 1.50. The largest absolute Gasteiger partial charge is 0.480 e. The first-order chi connectivity index (χ1) is 17.4. The van der Waals surface area contributed by atoms with Gasteiger partial charge in [-0.15, -0.1) is 0 Å². The highest BCUT2D eigenvalue weighted by Crippen LogP contribution is 2.35. The second-order valence-electron chi connectivity index (χ2n) is 9.00. The van der Waals surface area contributed by atoms with Crippen molar-refractivity contribution in [2.75, 3.05) is 19.8 Å². The van der Waals surface area contributed by atoms with Crippen LogP contribution in [0, 0.1) is 5.92 Å². The number of amides is 1. The number of guanidine groups is 1. The van der Waals surface area contributed by atoms with Crippen LogP contribution in [0.25, 0.3) is 0 Å². The predicted octanol–water partition coefficient (Wildman–Crippen LogP) is 2.38. The number of rotatable bonds is 10. The lowest BCUT2D eigenvalue weighted by atomic mass is 9.87. The molecule has 0 aliphatic carbocycles. The Bertz CT molecular complexity index is 1090. The minimum atomic E-state index is -1.32. The van der Waals surface area contributed by atoms with Crippen molar-refractivity contribution in [3.8, 4) is 11.5 Å². The number of hydrogen-bond acceptors (Lipinski definition) is 8. The summed E-state index contributed by atoms with van der Waals surface area (Å²) in [5.74, 6) is 0.348. The number of ether oxygens (including phenoxy) is 2. The summed E-state index contributed by atoms with van der Waals surface area (Å²) in [5, 5.41) is 20.7. The number of para-hydroxylation sites is 1. The molecule has 0 bridgehead atoms. The number of nitrogens with two attached hydrogens (primary N) is 1. The molecule has 2 aliphatic heterocycles. The van der Waals surface area contributed by atoms with E-state index in [1.165, 1.54) is 0 Å². The summed E-state index contributed by atoms with van der Waals surface area (Å²) >= 11 is 0. The molecule has 2 aromatic carbocycles. The molecule has 4 rings (SSSR count). The molecule has 2 aromatic rings. The molecule has 1 amide bonds. The number of fused-ring (bicyclic) bond motifs is 1. The van der Waals surface area contributed by atoms with Gasteiger partial charge in [0.2, 0.25) is 5.91 Å². The first-order valence-electron chi connectivity index (χ1n) is 12.1. The van der Waals surface area contributed by atoms with E-state index in [0.717, 1.165) is 29.8 Å². The first kappa shape index (κ1) is 25.5. The van der Waals surface area contributed by atoms with E-state index in [-0.39, 0.29) is 18.4 Å². The third kappa shape index (κ3) is 6.32. The number of carboxylic acids is 1. The van der Waals surface area contributed by atoms with Crippen molar-refractivity contribution >= 4 is 23.5 Å². The van der Waals surface area contributed by atoms with E-state index in [2.05, 4.69) is 10.3 Å². The topological polar surface area (TPSA) is 147 Å². The van der Waals surface area contributed by atoms with Crippen LogP contribution >= 0.6 is 0 Å². The van der Waals surface area contributed by atoms with E-state index in [1.54, 1.807) is 0 Å². The fourth-order valence-electron chi connectivity index (χ4n) is 4.70. The van der Waals surface area contributed by atoms with E-state index in [0.29, 0.717) is 37.9 Å². The summed E-state index contributed by atoms with van der Waals surface area (Å²) < 4.78 is 11.5. The maximum atomic E-state index is 12.5. The zero-order valence-electron chi connectivity index (χ0n) is 20.0. The molecule has 1 saturated heterocycles. The molecule has 0 unspecified atom stereocenters. The molecular weight excluding hydrogens is 464 g/mol. The van der Waals surface area contributed by atoms with Gasteiger partial charge in [0, 0.05) is 37.8 Å². The van der Waals surface area contributed by atoms with Crippen LogP contribution in [0.2, 0.25) is 0 Å². The third-order valence-electron chi connectivity index (χ3n) is 6.59. The number of carboxylic acid groups (broad SMARTS) is 1. The van der Waals surface area contributed by atoms with Gasteiger partial charge in [-0.1, -0.05) is 18.2 Å². The van der Waals surface area contributed by atoms with Crippen molar-refractivity contribution in [3.63, 3.8) is 0 Å². The highest BCUT2D eigenvalue weighted by Gasteiger charge is 2.33. The lowest BCUT2D eigenvalue weighted by Crippen LogP contribution is -2.50. The minimum absolute atomic E-state index is 0.0901. The molecule has 10 heteroatoms. The first-order valence-corrected chi connectivity index (χ1v) is 12.1. The summed E-state index contributed by atoms with van der Waals surface area (Å²) in [7, 11) is 0. The lowest BCUT2D eigenvalue weighted by molar-refractivity contribution is -0.143. The Morgan fingerprint density at radius 2 is 1.92 bits per heavy atom. The summed E-state index contributed by atoms with van der Waals surface area (Å²) in [6.07, 6.45) is 2.21. The molecule has 5 N–H and O–H groups in total. The highest BCUT2D eigenvalue weighted by atomic mass is 16.5. The molecule has 0 aromatic heterocycles. The van der Waals surface area contributed by atoms with Gasteiger partial charge >= 0.3 is 5.97 Å². The molecule has 1 fully saturated rings. The zero-order valence-corrected chi connectivity index (χ0v) is 20.0. The molecule has 2 heterocycles. The number of benzene rings is 2. The van der Waals surface area contributed by atoms with Crippen LogP contribution in [0.1, 0.15) is 31.2 Å². The van der Waals surface area contributed by atoms with Gasteiger partial charge in [-0.05, 0) is 55.5 Å². The van der Waals surface area contributed by atoms with Crippen LogP contribution in [0.15, 0.2) is 53.5 Å². The average molecular weight is 497 g/mol. The number of carbonyl (C=O) groups excluding carboxylic acids is 1. The van der Waals surface area contributed by atoms with E-state index in [1.807, 2.05) is 53.4 Å². The van der Waals surface area contributed by atoms with Crippen molar-refractivity contribution in [1.29, 1.82) is 0 Å². The maximum absolute atomic E-state index is 12.5. The van der Waals surface area contributed by atoms with Crippen molar-refractivity contribution in [2.24, 2.45) is 16.6 Å². The molecule has 10 nitrogen and oxygen atoms in total. The van der Waals surface area contributed by atoms with E-state index in [4.69, 9.17) is 20.3 Å². The third-order valence-corrected chi connectivity index (χ3v) is 6.59. The quantitative estimate of drug-likeness (QED) is 0.392. The normalized spacial score (nSPS) is 17.5. The van der Waals surface area contributed by atoms with Crippen molar-refractivity contribution in [1.82, 2.24) is 10.2 Å². The van der Waals surface area contributed by atoms with Crippen molar-refractivity contribution < 1.29 is 29.3 Å². The van der Waals surface area contributed by atoms with Gasteiger partial charge in [-0.25, -0.2) is 9.79 Å². The molecular formula is C26H32N4O6.